The Morgan fingerprint density at radius 1 is 1.28 bits per heavy atom. The molecule has 5 nitrogen and oxygen atoms in total. The number of nitrogens with one attached hydrogen (secondary N) is 1. The van der Waals surface area contributed by atoms with Crippen LogP contribution in [-0.2, 0) is 5.41 Å². The molecule has 0 unspecified atom stereocenters. The van der Waals surface area contributed by atoms with Crippen molar-refractivity contribution in [2.24, 2.45) is 0 Å². The lowest BCUT2D eigenvalue weighted by Gasteiger charge is -2.15. The third kappa shape index (κ3) is 1.78. The van der Waals surface area contributed by atoms with E-state index >= 15 is 0 Å². The van der Waals surface area contributed by atoms with Gasteiger partial charge in [0, 0.05) is 11.6 Å². The number of imidazole rings is 1. The summed E-state index contributed by atoms with van der Waals surface area (Å²) < 4.78 is 4.05. The molecule has 3 heterocycles. The summed E-state index contributed by atoms with van der Waals surface area (Å²) in [6.45, 7) is 6.36. The first-order chi connectivity index (χ1) is 8.55. The Hall–Kier alpha value is -1.82. The van der Waals surface area contributed by atoms with Gasteiger partial charge in [0.2, 0.25) is 0 Å². The van der Waals surface area contributed by atoms with E-state index in [9.17, 15) is 0 Å². The SMILES string of the molecule is CC(C)(C)c1nnsc1-c1nc2ncccc2[nH]1. The van der Waals surface area contributed by atoms with Crippen molar-refractivity contribution in [3.8, 4) is 10.7 Å². The van der Waals surface area contributed by atoms with Crippen LogP contribution in [0.4, 0.5) is 0 Å². The third-order valence-corrected chi connectivity index (χ3v) is 3.40. The molecule has 0 saturated heterocycles. The topological polar surface area (TPSA) is 67.3 Å². The molecule has 0 aliphatic heterocycles. The van der Waals surface area contributed by atoms with Gasteiger partial charge in [-0.2, -0.15) is 0 Å². The Labute approximate surface area is 108 Å². The molecule has 0 aliphatic carbocycles. The molecule has 6 heteroatoms. The van der Waals surface area contributed by atoms with Crippen LogP contribution in [-0.4, -0.2) is 24.5 Å². The van der Waals surface area contributed by atoms with Gasteiger partial charge >= 0.3 is 0 Å². The maximum absolute atomic E-state index is 4.49. The first kappa shape index (κ1) is 11.3. The standard InChI is InChI=1S/C12H13N5S/c1-12(2,3)9-8(18-17-16-9)11-14-7-5-4-6-13-10(7)15-11/h4-6H,1-3H3,(H,13,14,15). The van der Waals surface area contributed by atoms with E-state index in [0.29, 0.717) is 0 Å². The summed E-state index contributed by atoms with van der Waals surface area (Å²) in [6, 6.07) is 3.85. The van der Waals surface area contributed by atoms with E-state index in [-0.39, 0.29) is 5.41 Å². The average molecular weight is 259 g/mol. The van der Waals surface area contributed by atoms with Crippen LogP contribution in [0.25, 0.3) is 21.9 Å². The monoisotopic (exact) mass is 259 g/mol. The minimum Gasteiger partial charge on any atom is -0.336 e. The molecule has 0 atom stereocenters. The van der Waals surface area contributed by atoms with E-state index < -0.39 is 0 Å². The molecule has 0 fully saturated rings. The molecule has 0 radical (unpaired) electrons. The van der Waals surface area contributed by atoms with Crippen molar-refractivity contribution in [1.29, 1.82) is 0 Å². The van der Waals surface area contributed by atoms with Gasteiger partial charge < -0.3 is 4.98 Å². The van der Waals surface area contributed by atoms with E-state index in [4.69, 9.17) is 0 Å². The van der Waals surface area contributed by atoms with Crippen molar-refractivity contribution in [3.63, 3.8) is 0 Å². The van der Waals surface area contributed by atoms with Crippen LogP contribution in [0.5, 0.6) is 0 Å². The number of nitrogens with zero attached hydrogens (tertiary/aromatic N) is 4. The summed E-state index contributed by atoms with van der Waals surface area (Å²) in [4.78, 5) is 13.0. The van der Waals surface area contributed by atoms with Crippen molar-refractivity contribution < 1.29 is 0 Å². The lowest BCUT2D eigenvalue weighted by molar-refractivity contribution is 0.568. The molecule has 0 aliphatic rings. The highest BCUT2D eigenvalue weighted by atomic mass is 32.1. The van der Waals surface area contributed by atoms with Crippen LogP contribution in [0.15, 0.2) is 18.3 Å². The van der Waals surface area contributed by atoms with E-state index in [1.165, 1.54) is 11.5 Å². The summed E-state index contributed by atoms with van der Waals surface area (Å²) in [7, 11) is 0. The van der Waals surface area contributed by atoms with Crippen molar-refractivity contribution in [3.05, 3.63) is 24.0 Å². The minimum absolute atomic E-state index is 0.0469. The molecule has 0 amide bonds. The van der Waals surface area contributed by atoms with Gasteiger partial charge in [-0.3, -0.25) is 0 Å². The van der Waals surface area contributed by atoms with Crippen LogP contribution >= 0.6 is 11.5 Å². The van der Waals surface area contributed by atoms with Crippen LogP contribution in [0.1, 0.15) is 26.5 Å². The number of pyridine rings is 1. The van der Waals surface area contributed by atoms with Gasteiger partial charge in [-0.05, 0) is 23.7 Å². The summed E-state index contributed by atoms with van der Waals surface area (Å²) in [5.74, 6) is 0.795. The fourth-order valence-corrected chi connectivity index (χ4v) is 2.61. The predicted molar refractivity (Wildman–Crippen MR) is 71.5 cm³/mol. The zero-order chi connectivity index (χ0) is 12.8. The van der Waals surface area contributed by atoms with Gasteiger partial charge in [-0.1, -0.05) is 25.3 Å². The molecule has 3 rings (SSSR count). The minimum atomic E-state index is -0.0469. The number of hydrogen-bond acceptors (Lipinski definition) is 5. The first-order valence-corrected chi connectivity index (χ1v) is 6.47. The van der Waals surface area contributed by atoms with Gasteiger partial charge in [0.05, 0.1) is 11.2 Å². The highest BCUT2D eigenvalue weighted by Gasteiger charge is 2.24. The van der Waals surface area contributed by atoms with Crippen LogP contribution in [0.2, 0.25) is 0 Å². The molecule has 0 saturated carbocycles. The molecular weight excluding hydrogens is 246 g/mol. The van der Waals surface area contributed by atoms with Crippen molar-refractivity contribution in [1.82, 2.24) is 24.5 Å². The highest BCUT2D eigenvalue weighted by Crippen LogP contribution is 2.32. The highest BCUT2D eigenvalue weighted by molar-refractivity contribution is 7.09. The second kappa shape index (κ2) is 3.84. The second-order valence-corrected chi connectivity index (χ2v) is 5.91. The number of aromatic nitrogens is 5. The lowest BCUT2D eigenvalue weighted by atomic mass is 9.91. The molecule has 3 aromatic rings. The van der Waals surface area contributed by atoms with Crippen molar-refractivity contribution in [2.45, 2.75) is 26.2 Å². The zero-order valence-corrected chi connectivity index (χ0v) is 11.2. The van der Waals surface area contributed by atoms with Gasteiger partial charge in [-0.15, -0.1) is 5.10 Å². The fourth-order valence-electron chi connectivity index (χ4n) is 1.79. The number of rotatable bonds is 1. The number of fused-ring (bicyclic) bond motifs is 1. The van der Waals surface area contributed by atoms with E-state index in [0.717, 1.165) is 27.6 Å². The molecule has 0 spiro atoms. The van der Waals surface area contributed by atoms with Crippen LogP contribution in [0.3, 0.4) is 0 Å². The Bertz CT molecular complexity index is 659. The Balaban J connectivity index is 2.18. The maximum Gasteiger partial charge on any atom is 0.178 e. The quantitative estimate of drug-likeness (QED) is 0.729. The molecule has 3 aromatic heterocycles. The van der Waals surface area contributed by atoms with E-state index in [2.05, 4.69) is 45.3 Å². The summed E-state index contributed by atoms with van der Waals surface area (Å²) in [6.07, 6.45) is 1.74. The van der Waals surface area contributed by atoms with E-state index in [1.807, 2.05) is 12.1 Å². The molecular formula is C12H13N5S. The smallest absolute Gasteiger partial charge is 0.178 e. The molecule has 0 bridgehead atoms. The average Bonchev–Trinajstić information content (AvgIpc) is 2.94. The summed E-state index contributed by atoms with van der Waals surface area (Å²) >= 11 is 1.36. The summed E-state index contributed by atoms with van der Waals surface area (Å²) in [5.41, 5.74) is 2.57. The number of H-pyrrole nitrogens is 1. The molecule has 92 valence electrons. The third-order valence-electron chi connectivity index (χ3n) is 2.67. The van der Waals surface area contributed by atoms with Gasteiger partial charge in [0.25, 0.3) is 0 Å². The van der Waals surface area contributed by atoms with Gasteiger partial charge in [-0.25, -0.2) is 9.97 Å². The normalized spacial score (nSPS) is 12.2. The van der Waals surface area contributed by atoms with Crippen molar-refractivity contribution in [2.75, 3.05) is 0 Å². The van der Waals surface area contributed by atoms with Crippen molar-refractivity contribution >= 4 is 22.7 Å². The van der Waals surface area contributed by atoms with Gasteiger partial charge in [0.1, 0.15) is 4.88 Å². The largest absolute Gasteiger partial charge is 0.336 e. The second-order valence-electron chi connectivity index (χ2n) is 5.16. The molecule has 1 N–H and O–H groups in total. The predicted octanol–water partition coefficient (Wildman–Crippen LogP) is 2.77. The Morgan fingerprint density at radius 3 is 2.83 bits per heavy atom. The van der Waals surface area contributed by atoms with Gasteiger partial charge in [0.15, 0.2) is 11.5 Å². The van der Waals surface area contributed by atoms with Crippen LogP contribution < -0.4 is 0 Å². The Morgan fingerprint density at radius 2 is 2.11 bits per heavy atom. The fraction of sp³-hybridized carbons (Fsp3) is 0.333. The molecule has 0 aromatic carbocycles. The van der Waals surface area contributed by atoms with E-state index in [1.54, 1.807) is 6.20 Å². The Kier molecular flexibility index (Phi) is 2.41. The number of aromatic amines is 1. The molecule has 18 heavy (non-hydrogen) atoms. The van der Waals surface area contributed by atoms with Crippen LogP contribution in [0, 0.1) is 0 Å². The lowest BCUT2D eigenvalue weighted by Crippen LogP contribution is -2.13. The first-order valence-electron chi connectivity index (χ1n) is 5.69. The maximum atomic E-state index is 4.49. The summed E-state index contributed by atoms with van der Waals surface area (Å²) in [5, 5.41) is 4.22. The zero-order valence-electron chi connectivity index (χ0n) is 10.4. The number of hydrogen-bond donors (Lipinski definition) is 1.